The van der Waals surface area contributed by atoms with Gasteiger partial charge >= 0.3 is 0 Å². The molecule has 0 atom stereocenters. The van der Waals surface area contributed by atoms with Crippen LogP contribution in [0, 0.1) is 0 Å². The Morgan fingerprint density at radius 3 is 2.92 bits per heavy atom. The van der Waals surface area contributed by atoms with Gasteiger partial charge in [0.25, 0.3) is 0 Å². The van der Waals surface area contributed by atoms with Gasteiger partial charge in [-0.05, 0) is 24.1 Å². The summed E-state index contributed by atoms with van der Waals surface area (Å²) in [5.74, 6) is 0. The first-order chi connectivity index (χ1) is 5.79. The molecule has 62 valence electrons. The Bertz CT molecular complexity index is 329. The van der Waals surface area contributed by atoms with Gasteiger partial charge in [-0.15, -0.1) is 0 Å². The topological polar surface area (TPSA) is 29.4 Å². The van der Waals surface area contributed by atoms with E-state index in [4.69, 9.17) is 0 Å². The van der Waals surface area contributed by atoms with Gasteiger partial charge < -0.3 is 0 Å². The van der Waals surface area contributed by atoms with Gasteiger partial charge in [0.05, 0.1) is 5.69 Å². The summed E-state index contributed by atoms with van der Waals surface area (Å²) in [6, 6.07) is 5.58. The number of carbonyl (C=O) groups excluding carboxylic acids is 1. The summed E-state index contributed by atoms with van der Waals surface area (Å²) < 4.78 is 0.988. The second-order valence-electron chi connectivity index (χ2n) is 2.29. The second kappa shape index (κ2) is 4.19. The third-order valence-corrected chi connectivity index (χ3v) is 2.36. The van der Waals surface area contributed by atoms with Gasteiger partial charge in [-0.2, -0.15) is 4.99 Å². The van der Waals surface area contributed by atoms with Crippen LogP contribution >= 0.6 is 15.9 Å². The molecule has 0 saturated carbocycles. The molecule has 0 spiro atoms. The minimum absolute atomic E-state index is 0.696. The Labute approximate surface area is 79.5 Å². The highest BCUT2D eigenvalue weighted by Gasteiger charge is 2.02. The molecule has 12 heavy (non-hydrogen) atoms. The highest BCUT2D eigenvalue weighted by molar-refractivity contribution is 9.10. The van der Waals surface area contributed by atoms with Gasteiger partial charge in [-0.3, -0.25) is 0 Å². The van der Waals surface area contributed by atoms with Crippen LogP contribution in [-0.4, -0.2) is 6.08 Å². The van der Waals surface area contributed by atoms with E-state index in [0.29, 0.717) is 5.69 Å². The molecular weight excluding hydrogens is 218 g/mol. The monoisotopic (exact) mass is 225 g/mol. The van der Waals surface area contributed by atoms with Crippen LogP contribution in [0.2, 0.25) is 0 Å². The predicted molar refractivity (Wildman–Crippen MR) is 51.3 cm³/mol. The van der Waals surface area contributed by atoms with Gasteiger partial charge in [-0.1, -0.05) is 28.9 Å². The lowest BCUT2D eigenvalue weighted by atomic mass is 10.1. The Hall–Kier alpha value is -0.920. The summed E-state index contributed by atoms with van der Waals surface area (Å²) in [6.07, 6.45) is 2.39. The van der Waals surface area contributed by atoms with Crippen molar-refractivity contribution in [1.82, 2.24) is 0 Å². The quantitative estimate of drug-likeness (QED) is 0.563. The lowest BCUT2D eigenvalue weighted by Gasteiger charge is -2.02. The maximum absolute atomic E-state index is 10.0. The van der Waals surface area contributed by atoms with Crippen molar-refractivity contribution < 1.29 is 4.79 Å². The average molecular weight is 226 g/mol. The highest BCUT2D eigenvalue weighted by atomic mass is 79.9. The number of isocyanates is 1. The minimum atomic E-state index is 0.696. The van der Waals surface area contributed by atoms with Crippen LogP contribution in [0.1, 0.15) is 12.5 Å². The van der Waals surface area contributed by atoms with Crippen molar-refractivity contribution in [3.63, 3.8) is 0 Å². The molecule has 0 saturated heterocycles. The molecule has 3 heteroatoms. The van der Waals surface area contributed by atoms with E-state index in [2.05, 4.69) is 20.9 Å². The fraction of sp³-hybridized carbons (Fsp3) is 0.222. The maximum Gasteiger partial charge on any atom is 0.240 e. The van der Waals surface area contributed by atoms with Crippen molar-refractivity contribution in [1.29, 1.82) is 0 Å². The summed E-state index contributed by atoms with van der Waals surface area (Å²) >= 11 is 3.39. The molecule has 1 rings (SSSR count). The normalized spacial score (nSPS) is 9.17. The lowest BCUT2D eigenvalue weighted by Crippen LogP contribution is -1.82. The fourth-order valence-corrected chi connectivity index (χ4v) is 1.69. The zero-order valence-electron chi connectivity index (χ0n) is 6.67. The molecule has 0 aromatic heterocycles. The van der Waals surface area contributed by atoms with E-state index in [1.165, 1.54) is 0 Å². The van der Waals surface area contributed by atoms with Crippen LogP contribution in [0.5, 0.6) is 0 Å². The van der Waals surface area contributed by atoms with E-state index in [0.717, 1.165) is 16.5 Å². The van der Waals surface area contributed by atoms with Gasteiger partial charge in [-0.25, -0.2) is 4.79 Å². The van der Waals surface area contributed by atoms with Gasteiger partial charge in [0.15, 0.2) is 0 Å². The summed E-state index contributed by atoms with van der Waals surface area (Å²) in [6.45, 7) is 2.02. The van der Waals surface area contributed by atoms with E-state index < -0.39 is 0 Å². The number of rotatable bonds is 2. The van der Waals surface area contributed by atoms with E-state index in [1.54, 1.807) is 12.1 Å². The Kier molecular flexibility index (Phi) is 3.20. The van der Waals surface area contributed by atoms with Crippen LogP contribution in [0.3, 0.4) is 0 Å². The van der Waals surface area contributed by atoms with Crippen molar-refractivity contribution >= 4 is 27.7 Å². The van der Waals surface area contributed by atoms with Crippen molar-refractivity contribution in [3.05, 3.63) is 28.2 Å². The van der Waals surface area contributed by atoms with Crippen LogP contribution < -0.4 is 0 Å². The number of halogens is 1. The van der Waals surface area contributed by atoms with Crippen molar-refractivity contribution in [2.45, 2.75) is 13.3 Å². The number of benzene rings is 1. The number of hydrogen-bond acceptors (Lipinski definition) is 2. The van der Waals surface area contributed by atoms with Crippen molar-refractivity contribution in [2.24, 2.45) is 4.99 Å². The molecule has 0 fully saturated rings. The van der Waals surface area contributed by atoms with Crippen LogP contribution in [0.4, 0.5) is 5.69 Å². The van der Waals surface area contributed by atoms with E-state index in [1.807, 2.05) is 19.1 Å². The first-order valence-corrected chi connectivity index (χ1v) is 4.44. The highest BCUT2D eigenvalue weighted by Crippen LogP contribution is 2.26. The molecule has 0 amide bonds. The third-order valence-electron chi connectivity index (χ3n) is 1.61. The van der Waals surface area contributed by atoms with Crippen molar-refractivity contribution in [3.8, 4) is 0 Å². The van der Waals surface area contributed by atoms with E-state index >= 15 is 0 Å². The molecule has 0 heterocycles. The fourth-order valence-electron chi connectivity index (χ4n) is 1.05. The van der Waals surface area contributed by atoms with Crippen LogP contribution in [-0.2, 0) is 11.2 Å². The summed E-state index contributed by atoms with van der Waals surface area (Å²) in [7, 11) is 0. The molecule has 2 nitrogen and oxygen atoms in total. The smallest absolute Gasteiger partial charge is 0.211 e. The number of nitrogens with zero attached hydrogens (tertiary/aromatic N) is 1. The summed E-state index contributed by atoms with van der Waals surface area (Å²) in [4.78, 5) is 13.6. The molecule has 0 aliphatic heterocycles. The van der Waals surface area contributed by atoms with Gasteiger partial charge in [0.2, 0.25) is 6.08 Å². The zero-order valence-corrected chi connectivity index (χ0v) is 8.26. The Balaban J connectivity index is 3.26. The lowest BCUT2D eigenvalue weighted by molar-refractivity contribution is 0.565. The first-order valence-electron chi connectivity index (χ1n) is 3.64. The predicted octanol–water partition coefficient (Wildman–Crippen LogP) is 2.98. The summed E-state index contributed by atoms with van der Waals surface area (Å²) in [5, 5.41) is 0. The molecule has 0 bridgehead atoms. The molecule has 0 N–H and O–H groups in total. The molecular formula is C9H8BrNO. The van der Waals surface area contributed by atoms with Gasteiger partial charge in [0, 0.05) is 4.47 Å². The van der Waals surface area contributed by atoms with Crippen molar-refractivity contribution in [2.75, 3.05) is 0 Å². The Morgan fingerprint density at radius 2 is 2.33 bits per heavy atom. The van der Waals surface area contributed by atoms with E-state index in [-0.39, 0.29) is 0 Å². The number of hydrogen-bond donors (Lipinski definition) is 0. The second-order valence-corrected chi connectivity index (χ2v) is 3.15. The largest absolute Gasteiger partial charge is 0.240 e. The Morgan fingerprint density at radius 1 is 1.58 bits per heavy atom. The van der Waals surface area contributed by atoms with Crippen LogP contribution in [0.25, 0.3) is 0 Å². The third kappa shape index (κ3) is 1.81. The molecule has 1 aromatic carbocycles. The SMILES string of the molecule is CCc1c(Br)cccc1N=C=O. The molecule has 0 aliphatic carbocycles. The molecule has 0 aliphatic rings. The zero-order chi connectivity index (χ0) is 8.97. The van der Waals surface area contributed by atoms with E-state index in [9.17, 15) is 4.79 Å². The molecule has 1 aromatic rings. The first kappa shape index (κ1) is 9.17. The average Bonchev–Trinajstić information content (AvgIpc) is 2.05. The molecule has 0 radical (unpaired) electrons. The summed E-state index contributed by atoms with van der Waals surface area (Å²) in [5.41, 5.74) is 1.74. The number of aliphatic imine (C=N–C) groups is 1. The maximum atomic E-state index is 10.0. The standard InChI is InChI=1S/C9H8BrNO/c1-2-7-8(10)4-3-5-9(7)11-6-12/h3-5H,2H2,1H3. The minimum Gasteiger partial charge on any atom is -0.211 e. The molecule has 0 unspecified atom stereocenters. The van der Waals surface area contributed by atoms with Gasteiger partial charge in [0.1, 0.15) is 0 Å². The van der Waals surface area contributed by atoms with Crippen LogP contribution in [0.15, 0.2) is 27.7 Å².